The molecule has 4 aromatic rings. The number of carbonyl (C=O) groups is 1. The molecule has 2 aliphatic heterocycles. The van der Waals surface area contributed by atoms with Crippen molar-refractivity contribution < 1.29 is 19.7 Å². The molecule has 8 nitrogen and oxygen atoms in total. The quantitative estimate of drug-likeness (QED) is 0.120. The fourth-order valence-corrected chi connectivity index (χ4v) is 7.08. The molecule has 1 atom stereocenters. The lowest BCUT2D eigenvalue weighted by Crippen LogP contribution is -2.49. The number of likely N-dealkylation sites (tertiary alicyclic amines) is 2. The zero-order valence-electron chi connectivity index (χ0n) is 26.2. The zero-order chi connectivity index (χ0) is 33.1. The standard InChI is InChI=1S/C37H38Cl2N4O4/c1-47-35-15-26(33(38)14-27(35)20-42-13-12-25(19-42)37(45)46)17-41-34-7-3-5-30(32(34)16-40)31-6-2-4-29(36(31)39)24-10-8-23(9-11-24)18-43-21-28(44)22-43/h2-11,14-16,25,28,40-41,44H,12-13,17-22H2,1H3,(H,45,46). The van der Waals surface area contributed by atoms with Gasteiger partial charge in [-0.3, -0.25) is 14.6 Å². The maximum Gasteiger partial charge on any atom is 0.307 e. The summed E-state index contributed by atoms with van der Waals surface area (Å²) in [4.78, 5) is 15.7. The van der Waals surface area contributed by atoms with E-state index in [0.29, 0.717) is 67.0 Å². The Kier molecular flexibility index (Phi) is 10.2. The van der Waals surface area contributed by atoms with E-state index < -0.39 is 5.97 Å². The van der Waals surface area contributed by atoms with Crippen molar-refractivity contribution >= 4 is 41.1 Å². The first kappa shape index (κ1) is 33.0. The summed E-state index contributed by atoms with van der Waals surface area (Å²) in [6.45, 7) is 4.42. The van der Waals surface area contributed by atoms with Gasteiger partial charge in [0, 0.05) is 78.4 Å². The fraction of sp³-hybridized carbons (Fsp3) is 0.297. The van der Waals surface area contributed by atoms with Gasteiger partial charge in [-0.2, -0.15) is 0 Å². The Morgan fingerprint density at radius 1 is 0.957 bits per heavy atom. The molecule has 0 aromatic heterocycles. The van der Waals surface area contributed by atoms with Gasteiger partial charge in [0.15, 0.2) is 0 Å². The highest BCUT2D eigenvalue weighted by Crippen LogP contribution is 2.39. The van der Waals surface area contributed by atoms with Gasteiger partial charge in [0.2, 0.25) is 0 Å². The van der Waals surface area contributed by atoms with E-state index in [1.54, 1.807) is 7.11 Å². The largest absolute Gasteiger partial charge is 0.496 e. The number of nitrogens with zero attached hydrogens (tertiary/aromatic N) is 2. The Bertz CT molecular complexity index is 1780. The van der Waals surface area contributed by atoms with Gasteiger partial charge in [-0.05, 0) is 53.4 Å². The molecule has 6 rings (SSSR count). The predicted octanol–water partition coefficient (Wildman–Crippen LogP) is 7.03. The summed E-state index contributed by atoms with van der Waals surface area (Å²) >= 11 is 13.8. The Labute approximate surface area is 285 Å². The lowest BCUT2D eigenvalue weighted by atomic mass is 9.94. The highest BCUT2D eigenvalue weighted by molar-refractivity contribution is 6.36. The molecule has 4 aromatic carbocycles. The first-order chi connectivity index (χ1) is 22.7. The van der Waals surface area contributed by atoms with E-state index in [0.717, 1.165) is 45.6 Å². The van der Waals surface area contributed by atoms with Gasteiger partial charge in [0.1, 0.15) is 5.75 Å². The van der Waals surface area contributed by atoms with Crippen LogP contribution in [0.4, 0.5) is 5.69 Å². The Morgan fingerprint density at radius 2 is 1.68 bits per heavy atom. The van der Waals surface area contributed by atoms with Crippen LogP contribution in [0.1, 0.15) is 28.7 Å². The average Bonchev–Trinajstić information content (AvgIpc) is 3.53. The van der Waals surface area contributed by atoms with Gasteiger partial charge in [-0.1, -0.05) is 77.8 Å². The Morgan fingerprint density at radius 3 is 2.36 bits per heavy atom. The Hall–Kier alpha value is -3.92. The second-order valence-electron chi connectivity index (χ2n) is 12.3. The van der Waals surface area contributed by atoms with Crippen LogP contribution in [0.25, 0.3) is 22.3 Å². The number of benzene rings is 4. The van der Waals surface area contributed by atoms with E-state index in [4.69, 9.17) is 33.3 Å². The normalized spacial score (nSPS) is 17.0. The highest BCUT2D eigenvalue weighted by Gasteiger charge is 2.28. The third kappa shape index (κ3) is 7.32. The molecule has 0 spiro atoms. The van der Waals surface area contributed by atoms with Crippen molar-refractivity contribution in [3.05, 3.63) is 105 Å². The van der Waals surface area contributed by atoms with Crippen molar-refractivity contribution in [3.63, 3.8) is 0 Å². The molecule has 244 valence electrons. The molecular formula is C37H38Cl2N4O4. The van der Waals surface area contributed by atoms with Crippen molar-refractivity contribution in [2.75, 3.05) is 38.6 Å². The lowest BCUT2D eigenvalue weighted by Gasteiger charge is -2.35. The van der Waals surface area contributed by atoms with Crippen LogP contribution in [-0.2, 0) is 24.4 Å². The number of β-amino-alcohol motifs (C(OH)–C–C–N with tert-alkyl or cyclic N) is 1. The molecule has 2 saturated heterocycles. The predicted molar refractivity (Wildman–Crippen MR) is 188 cm³/mol. The number of aliphatic hydroxyl groups is 1. The Balaban J connectivity index is 1.19. The summed E-state index contributed by atoms with van der Waals surface area (Å²) in [5, 5.41) is 31.9. The SMILES string of the molecule is COc1cc(CNc2cccc(-c3cccc(-c4ccc(CN5CC(O)C5)cc4)c3Cl)c2C=N)c(Cl)cc1CN1CCC(C(=O)O)C1. The number of aliphatic hydroxyl groups excluding tert-OH is 1. The maximum atomic E-state index is 11.4. The topological polar surface area (TPSA) is 109 Å². The monoisotopic (exact) mass is 672 g/mol. The second kappa shape index (κ2) is 14.5. The van der Waals surface area contributed by atoms with Crippen LogP contribution in [0.3, 0.4) is 0 Å². The molecule has 10 heteroatoms. The minimum atomic E-state index is -0.756. The number of hydrogen-bond donors (Lipinski definition) is 4. The number of nitrogens with one attached hydrogen (secondary N) is 2. The highest BCUT2D eigenvalue weighted by atomic mass is 35.5. The molecule has 0 amide bonds. The number of aliphatic carboxylic acids is 1. The van der Waals surface area contributed by atoms with Crippen LogP contribution >= 0.6 is 23.2 Å². The molecule has 0 bridgehead atoms. The first-order valence-corrected chi connectivity index (χ1v) is 16.5. The van der Waals surface area contributed by atoms with Gasteiger partial charge in [0.05, 0.1) is 24.2 Å². The molecule has 0 saturated carbocycles. The van der Waals surface area contributed by atoms with Crippen molar-refractivity contribution in [1.82, 2.24) is 9.80 Å². The van der Waals surface area contributed by atoms with E-state index in [2.05, 4.69) is 39.4 Å². The number of anilines is 1. The molecule has 2 heterocycles. The van der Waals surface area contributed by atoms with Crippen molar-refractivity contribution in [2.24, 2.45) is 5.92 Å². The van der Waals surface area contributed by atoms with Gasteiger partial charge >= 0.3 is 5.97 Å². The molecule has 2 aliphatic rings. The third-order valence-corrected chi connectivity index (χ3v) is 9.84. The number of hydrogen-bond acceptors (Lipinski definition) is 7. The maximum absolute atomic E-state index is 11.4. The van der Waals surface area contributed by atoms with Gasteiger partial charge in [0.25, 0.3) is 0 Å². The number of rotatable bonds is 12. The zero-order valence-corrected chi connectivity index (χ0v) is 27.7. The molecule has 0 radical (unpaired) electrons. The molecule has 4 N–H and O–H groups in total. The van der Waals surface area contributed by atoms with Crippen LogP contribution in [0.15, 0.2) is 72.8 Å². The minimum absolute atomic E-state index is 0.217. The first-order valence-electron chi connectivity index (χ1n) is 15.7. The second-order valence-corrected chi connectivity index (χ2v) is 13.1. The van der Waals surface area contributed by atoms with Gasteiger partial charge < -0.3 is 25.7 Å². The summed E-state index contributed by atoms with van der Waals surface area (Å²) in [5.74, 6) is -0.407. The number of carboxylic acids is 1. The molecule has 1 unspecified atom stereocenters. The number of ether oxygens (including phenoxy) is 1. The number of methoxy groups -OCH3 is 1. The van der Waals surface area contributed by atoms with Crippen molar-refractivity contribution in [2.45, 2.75) is 32.2 Å². The summed E-state index contributed by atoms with van der Waals surface area (Å²) < 4.78 is 5.70. The van der Waals surface area contributed by atoms with Gasteiger partial charge in [-0.15, -0.1) is 0 Å². The van der Waals surface area contributed by atoms with Crippen LogP contribution in [0.2, 0.25) is 10.0 Å². The molecule has 2 fully saturated rings. The van der Waals surface area contributed by atoms with Crippen LogP contribution in [0, 0.1) is 11.3 Å². The van der Waals surface area contributed by atoms with Crippen molar-refractivity contribution in [1.29, 1.82) is 5.41 Å². The fourth-order valence-electron chi connectivity index (χ4n) is 6.49. The van der Waals surface area contributed by atoms with Crippen LogP contribution < -0.4 is 10.1 Å². The third-order valence-electron chi connectivity index (χ3n) is 9.08. The van der Waals surface area contributed by atoms with E-state index in [9.17, 15) is 15.0 Å². The molecular weight excluding hydrogens is 635 g/mol. The summed E-state index contributed by atoms with van der Waals surface area (Å²) in [5.41, 5.74) is 8.02. The lowest BCUT2D eigenvalue weighted by molar-refractivity contribution is -0.141. The summed E-state index contributed by atoms with van der Waals surface area (Å²) in [7, 11) is 1.62. The minimum Gasteiger partial charge on any atom is -0.496 e. The number of carboxylic acid groups (broad SMARTS) is 1. The van der Waals surface area contributed by atoms with Crippen LogP contribution in [-0.4, -0.2) is 71.6 Å². The van der Waals surface area contributed by atoms with E-state index >= 15 is 0 Å². The van der Waals surface area contributed by atoms with Gasteiger partial charge in [-0.25, -0.2) is 0 Å². The smallest absolute Gasteiger partial charge is 0.307 e. The van der Waals surface area contributed by atoms with Crippen LogP contribution in [0.5, 0.6) is 5.75 Å². The van der Waals surface area contributed by atoms with E-state index in [1.807, 2.05) is 48.5 Å². The number of halogens is 2. The average molecular weight is 674 g/mol. The summed E-state index contributed by atoms with van der Waals surface area (Å²) in [6, 6.07) is 24.0. The van der Waals surface area contributed by atoms with Crippen molar-refractivity contribution in [3.8, 4) is 28.0 Å². The molecule has 47 heavy (non-hydrogen) atoms. The van der Waals surface area contributed by atoms with E-state index in [1.165, 1.54) is 11.8 Å². The molecule has 0 aliphatic carbocycles. The van der Waals surface area contributed by atoms with E-state index in [-0.39, 0.29) is 12.0 Å². The summed E-state index contributed by atoms with van der Waals surface area (Å²) in [6.07, 6.45) is 1.76.